The zero-order chi connectivity index (χ0) is 10.4. The molecule has 0 aliphatic carbocycles. The maximum absolute atomic E-state index is 11.3. The van der Waals surface area contributed by atoms with E-state index in [1.165, 1.54) is 20.5 Å². The molecule has 0 atom stereocenters. The van der Waals surface area contributed by atoms with Crippen molar-refractivity contribution in [2.45, 2.75) is 0 Å². The largest absolute Gasteiger partial charge is 0.503 e. The zero-order valence-electron chi connectivity index (χ0n) is 8.11. The Labute approximate surface area is 83.0 Å². The van der Waals surface area contributed by atoms with Crippen molar-refractivity contribution in [1.82, 2.24) is 0 Å². The first kappa shape index (κ1) is 10.3. The molecule has 3 nitrogen and oxygen atoms in total. The number of ether oxygens (including phenoxy) is 2. The minimum atomic E-state index is -0.418. The third kappa shape index (κ3) is 2.36. The second kappa shape index (κ2) is 5.07. The number of hydrogen-bond donors (Lipinski definition) is 0. The van der Waals surface area contributed by atoms with Gasteiger partial charge in [-0.25, -0.2) is 4.79 Å². The van der Waals surface area contributed by atoms with Crippen molar-refractivity contribution >= 4 is 11.5 Å². The number of benzene rings is 1. The van der Waals surface area contributed by atoms with Gasteiger partial charge in [0.25, 0.3) is 0 Å². The summed E-state index contributed by atoms with van der Waals surface area (Å²) in [6.45, 7) is 0. The lowest BCUT2D eigenvalue weighted by Crippen LogP contribution is -2.04. The van der Waals surface area contributed by atoms with Crippen molar-refractivity contribution in [3.63, 3.8) is 0 Å². The molecule has 0 N–H and O–H groups in total. The van der Waals surface area contributed by atoms with Gasteiger partial charge in [0.05, 0.1) is 20.5 Å². The highest BCUT2D eigenvalue weighted by Crippen LogP contribution is 2.14. The van der Waals surface area contributed by atoms with Crippen molar-refractivity contribution in [1.29, 1.82) is 0 Å². The fourth-order valence-corrected chi connectivity index (χ4v) is 1.03. The molecule has 0 fully saturated rings. The number of hydrogen-bond acceptors (Lipinski definition) is 3. The number of methoxy groups -OCH3 is 2. The Morgan fingerprint density at radius 3 is 2.50 bits per heavy atom. The lowest BCUT2D eigenvalue weighted by Gasteiger charge is -2.04. The first-order chi connectivity index (χ1) is 6.79. The molecule has 14 heavy (non-hydrogen) atoms. The van der Waals surface area contributed by atoms with Crippen LogP contribution in [0.1, 0.15) is 5.56 Å². The summed E-state index contributed by atoms with van der Waals surface area (Å²) in [4.78, 5) is 11.3. The molecule has 1 radical (unpaired) electrons. The van der Waals surface area contributed by atoms with Crippen LogP contribution >= 0.6 is 0 Å². The van der Waals surface area contributed by atoms with Crippen LogP contribution in [0, 0.1) is 6.07 Å². The molecular weight excluding hydrogens is 180 g/mol. The minimum Gasteiger partial charge on any atom is -0.503 e. The minimum absolute atomic E-state index is 0.393. The van der Waals surface area contributed by atoms with Crippen molar-refractivity contribution in [3.05, 3.63) is 42.2 Å². The summed E-state index contributed by atoms with van der Waals surface area (Å²) in [5, 5.41) is 0. The highest BCUT2D eigenvalue weighted by molar-refractivity contribution is 6.16. The van der Waals surface area contributed by atoms with E-state index in [0.717, 1.165) is 5.56 Å². The van der Waals surface area contributed by atoms with E-state index >= 15 is 0 Å². The molecule has 3 heteroatoms. The second-order valence-electron chi connectivity index (χ2n) is 2.55. The molecule has 1 aromatic carbocycles. The van der Waals surface area contributed by atoms with E-state index in [9.17, 15) is 4.79 Å². The Hall–Kier alpha value is -1.77. The molecule has 0 aliphatic heterocycles. The van der Waals surface area contributed by atoms with Crippen LogP contribution in [0.5, 0.6) is 0 Å². The Bertz CT molecular complexity index is 328. The zero-order valence-corrected chi connectivity index (χ0v) is 8.11. The highest BCUT2D eigenvalue weighted by atomic mass is 16.5. The third-order valence-corrected chi connectivity index (χ3v) is 1.67. The Morgan fingerprint density at radius 2 is 2.00 bits per heavy atom. The van der Waals surface area contributed by atoms with Crippen molar-refractivity contribution in [2.24, 2.45) is 0 Å². The van der Waals surface area contributed by atoms with Crippen LogP contribution in [0.15, 0.2) is 30.5 Å². The molecule has 0 amide bonds. The van der Waals surface area contributed by atoms with Gasteiger partial charge in [-0.05, 0) is 11.6 Å². The van der Waals surface area contributed by atoms with Crippen molar-refractivity contribution in [3.8, 4) is 0 Å². The molecule has 73 valence electrons. The molecule has 1 rings (SSSR count). The molecule has 0 unspecified atom stereocenters. The van der Waals surface area contributed by atoms with Gasteiger partial charge in [-0.3, -0.25) is 0 Å². The van der Waals surface area contributed by atoms with Gasteiger partial charge < -0.3 is 9.47 Å². The summed E-state index contributed by atoms with van der Waals surface area (Å²) in [5.41, 5.74) is 1.14. The standard InChI is InChI=1S/C11H11O3/c1-13-8-10(11(12)14-2)9-6-4-3-5-7-9/h4-8H,1-2H3/b10-8-. The van der Waals surface area contributed by atoms with Gasteiger partial charge in [-0.1, -0.05) is 24.3 Å². The van der Waals surface area contributed by atoms with Crippen LogP contribution in [0.25, 0.3) is 5.57 Å². The monoisotopic (exact) mass is 191 g/mol. The van der Waals surface area contributed by atoms with Crippen LogP contribution in [-0.4, -0.2) is 20.2 Å². The van der Waals surface area contributed by atoms with Gasteiger partial charge >= 0.3 is 5.97 Å². The average Bonchev–Trinajstić information content (AvgIpc) is 2.26. The van der Waals surface area contributed by atoms with Gasteiger partial charge in [0, 0.05) is 0 Å². The normalized spacial score (nSPS) is 10.9. The van der Waals surface area contributed by atoms with Crippen LogP contribution in [-0.2, 0) is 14.3 Å². The fraction of sp³-hybridized carbons (Fsp3) is 0.182. The summed E-state index contributed by atoms with van der Waals surface area (Å²) in [5.74, 6) is -0.418. The predicted molar refractivity (Wildman–Crippen MR) is 52.3 cm³/mol. The Kier molecular flexibility index (Phi) is 3.73. The van der Waals surface area contributed by atoms with Gasteiger partial charge in [0.15, 0.2) is 0 Å². The van der Waals surface area contributed by atoms with Crippen LogP contribution < -0.4 is 0 Å². The molecule has 0 spiro atoms. The molecule has 0 heterocycles. The summed E-state index contributed by atoms with van der Waals surface area (Å²) in [6.07, 6.45) is 1.36. The second-order valence-corrected chi connectivity index (χ2v) is 2.55. The predicted octanol–water partition coefficient (Wildman–Crippen LogP) is 1.65. The smallest absolute Gasteiger partial charge is 0.341 e. The Balaban J connectivity index is 3.02. The molecule has 0 aromatic heterocycles. The lowest BCUT2D eigenvalue weighted by molar-refractivity contribution is -0.133. The van der Waals surface area contributed by atoms with Gasteiger partial charge in [0.2, 0.25) is 0 Å². The number of rotatable bonds is 3. The lowest BCUT2D eigenvalue weighted by atomic mass is 10.1. The quantitative estimate of drug-likeness (QED) is 0.414. The summed E-state index contributed by atoms with van der Waals surface area (Å²) >= 11 is 0. The van der Waals surface area contributed by atoms with E-state index < -0.39 is 5.97 Å². The van der Waals surface area contributed by atoms with Crippen LogP contribution in [0.4, 0.5) is 0 Å². The SMILES string of the molecule is CO/C=C(\C(=O)OC)c1cc[c]cc1. The number of carbonyl (C=O) groups excluding carboxylic acids is 1. The first-order valence-electron chi connectivity index (χ1n) is 4.07. The highest BCUT2D eigenvalue weighted by Gasteiger charge is 2.11. The molecule has 0 aliphatic rings. The Morgan fingerprint density at radius 1 is 1.36 bits per heavy atom. The van der Waals surface area contributed by atoms with E-state index in [-0.39, 0.29) is 0 Å². The van der Waals surface area contributed by atoms with Gasteiger partial charge in [-0.2, -0.15) is 0 Å². The first-order valence-corrected chi connectivity index (χ1v) is 4.07. The van der Waals surface area contributed by atoms with Gasteiger partial charge in [0.1, 0.15) is 5.57 Å². The number of esters is 1. The molecule has 0 saturated heterocycles. The van der Waals surface area contributed by atoms with E-state index in [0.29, 0.717) is 5.57 Å². The fourth-order valence-electron chi connectivity index (χ4n) is 1.03. The molecule has 0 bridgehead atoms. The van der Waals surface area contributed by atoms with E-state index in [1.54, 1.807) is 24.3 Å². The van der Waals surface area contributed by atoms with Gasteiger partial charge in [-0.15, -0.1) is 0 Å². The van der Waals surface area contributed by atoms with Crippen LogP contribution in [0.3, 0.4) is 0 Å². The van der Waals surface area contributed by atoms with E-state index in [4.69, 9.17) is 4.74 Å². The van der Waals surface area contributed by atoms with E-state index in [1.807, 2.05) is 0 Å². The average molecular weight is 191 g/mol. The topological polar surface area (TPSA) is 35.5 Å². The number of carbonyl (C=O) groups is 1. The maximum atomic E-state index is 11.3. The summed E-state index contributed by atoms with van der Waals surface area (Å²) < 4.78 is 9.43. The van der Waals surface area contributed by atoms with Crippen molar-refractivity contribution in [2.75, 3.05) is 14.2 Å². The van der Waals surface area contributed by atoms with Crippen LogP contribution in [0.2, 0.25) is 0 Å². The third-order valence-electron chi connectivity index (χ3n) is 1.67. The maximum Gasteiger partial charge on any atom is 0.341 e. The van der Waals surface area contributed by atoms with E-state index in [2.05, 4.69) is 10.8 Å². The molecule has 1 aromatic rings. The summed E-state index contributed by atoms with van der Waals surface area (Å²) in [7, 11) is 2.82. The molecular formula is C11H11O3. The van der Waals surface area contributed by atoms with Crippen molar-refractivity contribution < 1.29 is 14.3 Å². The molecule has 0 saturated carbocycles. The summed E-state index contributed by atoms with van der Waals surface area (Å²) in [6, 6.07) is 9.85.